The van der Waals surface area contributed by atoms with Gasteiger partial charge in [0.05, 0.1) is 19.1 Å². The van der Waals surface area contributed by atoms with Gasteiger partial charge in [0.25, 0.3) is 5.89 Å². The van der Waals surface area contributed by atoms with Gasteiger partial charge in [0, 0.05) is 18.7 Å². The molecular formula is C16H15N3O3. The molecule has 0 atom stereocenters. The lowest BCUT2D eigenvalue weighted by atomic mass is 10.1. The molecule has 0 aromatic carbocycles. The largest absolute Gasteiger partial charge is 0.465 e. The first-order chi connectivity index (χ1) is 10.9. The van der Waals surface area contributed by atoms with Crippen LogP contribution in [0.2, 0.25) is 0 Å². The second-order valence-electron chi connectivity index (χ2n) is 5.18. The van der Waals surface area contributed by atoms with E-state index in [1.54, 1.807) is 24.7 Å². The van der Waals surface area contributed by atoms with Gasteiger partial charge in [0.15, 0.2) is 5.76 Å². The SMILES string of the molecule is C1=C(c2ccco2)CN(Cc2nnc(-c3ccco3)o2)CC1. The molecule has 0 saturated carbocycles. The average Bonchev–Trinajstić information content (AvgIpc) is 3.29. The van der Waals surface area contributed by atoms with Crippen molar-refractivity contribution in [2.75, 3.05) is 13.1 Å². The lowest BCUT2D eigenvalue weighted by molar-refractivity contribution is 0.263. The highest BCUT2D eigenvalue weighted by molar-refractivity contribution is 5.63. The molecule has 4 heterocycles. The fourth-order valence-corrected chi connectivity index (χ4v) is 2.59. The summed E-state index contributed by atoms with van der Waals surface area (Å²) in [5, 5.41) is 8.12. The maximum absolute atomic E-state index is 5.66. The molecule has 6 nitrogen and oxygen atoms in total. The van der Waals surface area contributed by atoms with Crippen molar-refractivity contribution in [3.8, 4) is 11.7 Å². The topological polar surface area (TPSA) is 68.4 Å². The zero-order valence-electron chi connectivity index (χ0n) is 11.9. The van der Waals surface area contributed by atoms with E-state index in [-0.39, 0.29) is 0 Å². The van der Waals surface area contributed by atoms with Crippen molar-refractivity contribution in [2.24, 2.45) is 0 Å². The summed E-state index contributed by atoms with van der Waals surface area (Å²) >= 11 is 0. The molecule has 1 aliphatic heterocycles. The van der Waals surface area contributed by atoms with E-state index in [2.05, 4.69) is 21.2 Å². The van der Waals surface area contributed by atoms with E-state index in [0.29, 0.717) is 24.1 Å². The second kappa shape index (κ2) is 5.65. The highest BCUT2D eigenvalue weighted by Crippen LogP contribution is 2.23. The molecule has 4 rings (SSSR count). The third kappa shape index (κ3) is 2.60. The molecule has 112 valence electrons. The lowest BCUT2D eigenvalue weighted by Crippen LogP contribution is -2.29. The van der Waals surface area contributed by atoms with Crippen molar-refractivity contribution in [1.29, 1.82) is 0 Å². The van der Waals surface area contributed by atoms with Crippen LogP contribution in [0.5, 0.6) is 0 Å². The molecule has 0 N–H and O–H groups in total. The summed E-state index contributed by atoms with van der Waals surface area (Å²) in [6.45, 7) is 2.39. The smallest absolute Gasteiger partial charge is 0.283 e. The summed E-state index contributed by atoms with van der Waals surface area (Å²) in [6, 6.07) is 7.49. The number of rotatable bonds is 4. The van der Waals surface area contributed by atoms with Crippen molar-refractivity contribution in [1.82, 2.24) is 15.1 Å². The van der Waals surface area contributed by atoms with Crippen LogP contribution in [0.1, 0.15) is 18.1 Å². The minimum absolute atomic E-state index is 0.416. The van der Waals surface area contributed by atoms with E-state index in [4.69, 9.17) is 13.3 Å². The number of hydrogen-bond donors (Lipinski definition) is 0. The maximum atomic E-state index is 5.66. The molecule has 0 fully saturated rings. The number of aromatic nitrogens is 2. The normalized spacial score (nSPS) is 15.9. The van der Waals surface area contributed by atoms with Gasteiger partial charge < -0.3 is 13.3 Å². The lowest BCUT2D eigenvalue weighted by Gasteiger charge is -2.24. The third-order valence-corrected chi connectivity index (χ3v) is 3.63. The Hall–Kier alpha value is -2.60. The van der Waals surface area contributed by atoms with Crippen LogP contribution in [-0.2, 0) is 6.54 Å². The molecule has 0 radical (unpaired) electrons. The number of furan rings is 2. The Kier molecular flexibility index (Phi) is 3.36. The van der Waals surface area contributed by atoms with Crippen LogP contribution >= 0.6 is 0 Å². The van der Waals surface area contributed by atoms with E-state index in [1.807, 2.05) is 12.1 Å². The molecule has 3 aromatic heterocycles. The van der Waals surface area contributed by atoms with E-state index in [9.17, 15) is 0 Å². The highest BCUT2D eigenvalue weighted by Gasteiger charge is 2.19. The summed E-state index contributed by atoms with van der Waals surface area (Å²) in [5.41, 5.74) is 1.20. The van der Waals surface area contributed by atoms with Gasteiger partial charge in [-0.3, -0.25) is 4.90 Å². The Morgan fingerprint density at radius 1 is 1.05 bits per heavy atom. The molecule has 3 aromatic rings. The maximum Gasteiger partial charge on any atom is 0.283 e. The van der Waals surface area contributed by atoms with Crippen molar-refractivity contribution >= 4 is 5.57 Å². The van der Waals surface area contributed by atoms with Crippen LogP contribution < -0.4 is 0 Å². The Balaban J connectivity index is 1.45. The summed E-state index contributed by atoms with van der Waals surface area (Å²) in [4.78, 5) is 2.26. The summed E-state index contributed by atoms with van der Waals surface area (Å²) in [6.07, 6.45) is 6.49. The Morgan fingerprint density at radius 2 is 1.86 bits per heavy atom. The van der Waals surface area contributed by atoms with Crippen molar-refractivity contribution in [3.05, 3.63) is 54.5 Å². The molecule has 0 unspecified atom stereocenters. The number of nitrogens with zero attached hydrogens (tertiary/aromatic N) is 3. The van der Waals surface area contributed by atoms with E-state index in [1.165, 1.54) is 5.57 Å². The van der Waals surface area contributed by atoms with Gasteiger partial charge in [-0.2, -0.15) is 0 Å². The summed E-state index contributed by atoms with van der Waals surface area (Å²) in [5.74, 6) is 2.52. The minimum Gasteiger partial charge on any atom is -0.465 e. The zero-order valence-corrected chi connectivity index (χ0v) is 11.9. The van der Waals surface area contributed by atoms with Gasteiger partial charge in [-0.25, -0.2) is 0 Å². The van der Waals surface area contributed by atoms with Crippen LogP contribution in [-0.4, -0.2) is 28.2 Å². The van der Waals surface area contributed by atoms with Gasteiger partial charge >= 0.3 is 0 Å². The Bertz CT molecular complexity index is 757. The van der Waals surface area contributed by atoms with Crippen molar-refractivity contribution in [2.45, 2.75) is 13.0 Å². The molecule has 0 spiro atoms. The first-order valence-corrected chi connectivity index (χ1v) is 7.20. The van der Waals surface area contributed by atoms with Gasteiger partial charge in [-0.1, -0.05) is 6.08 Å². The van der Waals surface area contributed by atoms with Gasteiger partial charge in [-0.15, -0.1) is 10.2 Å². The molecule has 0 saturated heterocycles. The first-order valence-electron chi connectivity index (χ1n) is 7.20. The summed E-state index contributed by atoms with van der Waals surface area (Å²) < 4.78 is 16.4. The average molecular weight is 297 g/mol. The zero-order chi connectivity index (χ0) is 14.8. The predicted molar refractivity (Wildman–Crippen MR) is 78.6 cm³/mol. The molecule has 22 heavy (non-hydrogen) atoms. The standard InChI is InChI=1S/C16H15N3O3/c1-4-12(13-5-2-8-20-13)10-19(7-1)11-15-17-18-16(22-15)14-6-3-9-21-14/h2-6,8-9H,1,7,10-11H2. The van der Waals surface area contributed by atoms with E-state index >= 15 is 0 Å². The van der Waals surface area contributed by atoms with Crippen LogP contribution in [0, 0.1) is 0 Å². The summed E-state index contributed by atoms with van der Waals surface area (Å²) in [7, 11) is 0. The second-order valence-corrected chi connectivity index (χ2v) is 5.18. The third-order valence-electron chi connectivity index (χ3n) is 3.63. The minimum atomic E-state index is 0.416. The Labute approximate surface area is 127 Å². The van der Waals surface area contributed by atoms with Crippen molar-refractivity contribution < 1.29 is 13.3 Å². The van der Waals surface area contributed by atoms with Crippen LogP contribution in [0.15, 0.2) is 56.1 Å². The van der Waals surface area contributed by atoms with E-state index in [0.717, 1.165) is 25.3 Å². The molecule has 6 heteroatoms. The fraction of sp³-hybridized carbons (Fsp3) is 0.250. The highest BCUT2D eigenvalue weighted by atomic mass is 16.4. The molecule has 0 bridgehead atoms. The first kappa shape index (κ1) is 13.1. The van der Waals surface area contributed by atoms with Gasteiger partial charge in [-0.05, 0) is 30.7 Å². The fourth-order valence-electron chi connectivity index (χ4n) is 2.59. The Morgan fingerprint density at radius 3 is 2.64 bits per heavy atom. The van der Waals surface area contributed by atoms with Crippen LogP contribution in [0.3, 0.4) is 0 Å². The molecule has 0 aliphatic carbocycles. The number of hydrogen-bond acceptors (Lipinski definition) is 6. The van der Waals surface area contributed by atoms with Gasteiger partial charge in [0.2, 0.25) is 5.89 Å². The van der Waals surface area contributed by atoms with Crippen molar-refractivity contribution in [3.63, 3.8) is 0 Å². The van der Waals surface area contributed by atoms with Gasteiger partial charge in [0.1, 0.15) is 5.76 Å². The van der Waals surface area contributed by atoms with Crippen LogP contribution in [0.4, 0.5) is 0 Å². The van der Waals surface area contributed by atoms with Crippen LogP contribution in [0.25, 0.3) is 17.2 Å². The predicted octanol–water partition coefficient (Wildman–Crippen LogP) is 3.21. The molecule has 1 aliphatic rings. The monoisotopic (exact) mass is 297 g/mol. The van der Waals surface area contributed by atoms with E-state index < -0.39 is 0 Å². The quantitative estimate of drug-likeness (QED) is 0.736. The molecule has 0 amide bonds. The molecular weight excluding hydrogens is 282 g/mol.